The van der Waals surface area contributed by atoms with Gasteiger partial charge >= 0.3 is 0 Å². The van der Waals surface area contributed by atoms with Gasteiger partial charge in [0.15, 0.2) is 0 Å². The summed E-state index contributed by atoms with van der Waals surface area (Å²) in [6.07, 6.45) is 3.53. The van der Waals surface area contributed by atoms with Crippen LogP contribution in [0.5, 0.6) is 5.75 Å². The summed E-state index contributed by atoms with van der Waals surface area (Å²) in [5.74, 6) is 0.798. The van der Waals surface area contributed by atoms with Gasteiger partial charge in [-0.05, 0) is 49.6 Å². The van der Waals surface area contributed by atoms with Crippen LogP contribution >= 0.6 is 0 Å². The van der Waals surface area contributed by atoms with Gasteiger partial charge in [-0.1, -0.05) is 24.3 Å². The molecule has 132 valence electrons. The predicted octanol–water partition coefficient (Wildman–Crippen LogP) is 4.01. The summed E-state index contributed by atoms with van der Waals surface area (Å²) in [4.78, 5) is 23.8. The fourth-order valence-corrected chi connectivity index (χ4v) is 3.52. The van der Waals surface area contributed by atoms with Crippen LogP contribution in [0.2, 0.25) is 0 Å². The SMILES string of the molecule is CCOc1ccc([C@@H]2CCCN2C(=O)c2cnc3ccccc3n2)cc1. The molecule has 1 aliphatic heterocycles. The number of amides is 1. The molecule has 5 heteroatoms. The topological polar surface area (TPSA) is 55.3 Å². The molecular weight excluding hydrogens is 326 g/mol. The molecule has 26 heavy (non-hydrogen) atoms. The van der Waals surface area contributed by atoms with Gasteiger partial charge in [-0.3, -0.25) is 9.78 Å². The molecule has 0 spiro atoms. The number of carbonyl (C=O) groups is 1. The minimum Gasteiger partial charge on any atom is -0.494 e. The Morgan fingerprint density at radius 2 is 1.92 bits per heavy atom. The minimum absolute atomic E-state index is 0.0559. The third-order valence-electron chi connectivity index (χ3n) is 4.76. The Morgan fingerprint density at radius 3 is 2.69 bits per heavy atom. The lowest BCUT2D eigenvalue weighted by molar-refractivity contribution is 0.0729. The molecule has 4 rings (SSSR count). The number of likely N-dealkylation sites (tertiary alicyclic amines) is 1. The first-order chi connectivity index (χ1) is 12.8. The number of rotatable bonds is 4. The zero-order valence-electron chi connectivity index (χ0n) is 14.8. The van der Waals surface area contributed by atoms with Gasteiger partial charge in [-0.2, -0.15) is 0 Å². The maximum atomic E-state index is 13.0. The van der Waals surface area contributed by atoms with Crippen LogP contribution in [0.15, 0.2) is 54.7 Å². The Labute approximate surface area is 152 Å². The Kier molecular flexibility index (Phi) is 4.52. The smallest absolute Gasteiger partial charge is 0.274 e. The molecule has 1 aliphatic rings. The summed E-state index contributed by atoms with van der Waals surface area (Å²) in [5.41, 5.74) is 3.08. The number of benzene rings is 2. The number of hydrogen-bond donors (Lipinski definition) is 0. The van der Waals surface area contributed by atoms with Crippen LogP contribution in [0.1, 0.15) is 41.9 Å². The first-order valence-electron chi connectivity index (χ1n) is 9.02. The van der Waals surface area contributed by atoms with Crippen LogP contribution in [0.4, 0.5) is 0 Å². The summed E-state index contributed by atoms with van der Waals surface area (Å²) in [6.45, 7) is 3.36. The van der Waals surface area contributed by atoms with Gasteiger partial charge in [0.1, 0.15) is 11.4 Å². The molecule has 1 aromatic heterocycles. The fraction of sp³-hybridized carbons (Fsp3) is 0.286. The highest BCUT2D eigenvalue weighted by Crippen LogP contribution is 2.33. The van der Waals surface area contributed by atoms with Gasteiger partial charge in [-0.25, -0.2) is 4.98 Å². The van der Waals surface area contributed by atoms with E-state index in [1.165, 1.54) is 0 Å². The van der Waals surface area contributed by atoms with E-state index in [1.807, 2.05) is 60.4 Å². The number of fused-ring (bicyclic) bond motifs is 1. The highest BCUT2D eigenvalue weighted by Gasteiger charge is 2.31. The van der Waals surface area contributed by atoms with Crippen LogP contribution < -0.4 is 4.74 Å². The molecule has 1 fully saturated rings. The van der Waals surface area contributed by atoms with E-state index in [-0.39, 0.29) is 11.9 Å². The number of carbonyl (C=O) groups excluding carboxylic acids is 1. The van der Waals surface area contributed by atoms with Crippen molar-refractivity contribution in [1.82, 2.24) is 14.9 Å². The standard InChI is InChI=1S/C21H21N3O2/c1-2-26-16-11-9-15(10-12-16)20-8-5-13-24(20)21(25)19-14-22-17-6-3-4-7-18(17)23-19/h3-4,6-7,9-12,14,20H,2,5,8,13H2,1H3/t20-/m0/s1. The summed E-state index contributed by atoms with van der Waals surface area (Å²) in [5, 5.41) is 0. The molecule has 0 radical (unpaired) electrons. The molecule has 0 saturated carbocycles. The Bertz CT molecular complexity index is 924. The molecule has 0 unspecified atom stereocenters. The zero-order chi connectivity index (χ0) is 17.9. The van der Waals surface area contributed by atoms with Crippen molar-refractivity contribution in [2.24, 2.45) is 0 Å². The van der Waals surface area contributed by atoms with E-state index in [0.717, 1.165) is 41.7 Å². The fourth-order valence-electron chi connectivity index (χ4n) is 3.52. The van der Waals surface area contributed by atoms with E-state index in [2.05, 4.69) is 9.97 Å². The maximum absolute atomic E-state index is 13.0. The van der Waals surface area contributed by atoms with Crippen molar-refractivity contribution in [1.29, 1.82) is 0 Å². The molecule has 2 aromatic carbocycles. The van der Waals surface area contributed by atoms with Crippen LogP contribution in [-0.4, -0.2) is 33.9 Å². The largest absolute Gasteiger partial charge is 0.494 e. The average molecular weight is 347 g/mol. The quantitative estimate of drug-likeness (QED) is 0.716. The van der Waals surface area contributed by atoms with E-state index < -0.39 is 0 Å². The Hall–Kier alpha value is -2.95. The minimum atomic E-state index is -0.0559. The van der Waals surface area contributed by atoms with Crippen molar-refractivity contribution in [2.75, 3.05) is 13.2 Å². The maximum Gasteiger partial charge on any atom is 0.274 e. The zero-order valence-corrected chi connectivity index (χ0v) is 14.8. The van der Waals surface area contributed by atoms with Crippen molar-refractivity contribution >= 4 is 16.9 Å². The third-order valence-corrected chi connectivity index (χ3v) is 4.76. The molecule has 3 aromatic rings. The van der Waals surface area contributed by atoms with E-state index in [9.17, 15) is 4.79 Å². The second-order valence-corrected chi connectivity index (χ2v) is 6.40. The van der Waals surface area contributed by atoms with E-state index in [1.54, 1.807) is 6.20 Å². The summed E-state index contributed by atoms with van der Waals surface area (Å²) < 4.78 is 5.51. The normalized spacial score (nSPS) is 16.8. The van der Waals surface area contributed by atoms with Gasteiger partial charge in [-0.15, -0.1) is 0 Å². The first kappa shape index (κ1) is 16.5. The van der Waals surface area contributed by atoms with E-state index in [4.69, 9.17) is 4.74 Å². The summed E-state index contributed by atoms with van der Waals surface area (Å²) >= 11 is 0. The molecule has 0 N–H and O–H groups in total. The van der Waals surface area contributed by atoms with Gasteiger partial charge < -0.3 is 9.64 Å². The van der Waals surface area contributed by atoms with Crippen molar-refractivity contribution in [3.05, 3.63) is 66.0 Å². The second kappa shape index (κ2) is 7.12. The van der Waals surface area contributed by atoms with Crippen molar-refractivity contribution in [3.8, 4) is 5.75 Å². The van der Waals surface area contributed by atoms with Gasteiger partial charge in [0.2, 0.25) is 0 Å². The molecule has 5 nitrogen and oxygen atoms in total. The number of hydrogen-bond acceptors (Lipinski definition) is 4. The lowest BCUT2D eigenvalue weighted by atomic mass is 10.0. The van der Waals surface area contributed by atoms with Gasteiger partial charge in [0.05, 0.1) is 29.9 Å². The molecule has 0 aliphatic carbocycles. The molecule has 1 amide bonds. The molecule has 2 heterocycles. The second-order valence-electron chi connectivity index (χ2n) is 6.40. The Morgan fingerprint density at radius 1 is 1.15 bits per heavy atom. The number of aromatic nitrogens is 2. The summed E-state index contributed by atoms with van der Waals surface area (Å²) in [6, 6.07) is 15.7. The Balaban J connectivity index is 1.59. The lowest BCUT2D eigenvalue weighted by Crippen LogP contribution is -2.31. The first-order valence-corrected chi connectivity index (χ1v) is 9.02. The van der Waals surface area contributed by atoms with Crippen LogP contribution in [-0.2, 0) is 0 Å². The highest BCUT2D eigenvalue weighted by atomic mass is 16.5. The number of nitrogens with zero attached hydrogens (tertiary/aromatic N) is 3. The van der Waals surface area contributed by atoms with E-state index >= 15 is 0 Å². The van der Waals surface area contributed by atoms with Crippen molar-refractivity contribution in [2.45, 2.75) is 25.8 Å². The highest BCUT2D eigenvalue weighted by molar-refractivity contribution is 5.94. The molecule has 1 atom stereocenters. The molecular formula is C21H21N3O2. The van der Waals surface area contributed by atoms with Gasteiger partial charge in [0, 0.05) is 6.54 Å². The van der Waals surface area contributed by atoms with Crippen LogP contribution in [0.3, 0.4) is 0 Å². The van der Waals surface area contributed by atoms with Crippen LogP contribution in [0.25, 0.3) is 11.0 Å². The average Bonchev–Trinajstić information content (AvgIpc) is 3.17. The predicted molar refractivity (Wildman–Crippen MR) is 100 cm³/mol. The monoisotopic (exact) mass is 347 g/mol. The number of ether oxygens (including phenoxy) is 1. The van der Waals surface area contributed by atoms with Crippen LogP contribution in [0, 0.1) is 0 Å². The lowest BCUT2D eigenvalue weighted by Gasteiger charge is -2.25. The number of para-hydroxylation sites is 2. The molecule has 0 bridgehead atoms. The third kappa shape index (κ3) is 3.12. The van der Waals surface area contributed by atoms with E-state index in [0.29, 0.717) is 12.3 Å². The summed E-state index contributed by atoms with van der Waals surface area (Å²) in [7, 11) is 0. The van der Waals surface area contributed by atoms with Gasteiger partial charge in [0.25, 0.3) is 5.91 Å². The molecule has 1 saturated heterocycles. The van der Waals surface area contributed by atoms with Crippen molar-refractivity contribution < 1.29 is 9.53 Å². The van der Waals surface area contributed by atoms with Crippen molar-refractivity contribution in [3.63, 3.8) is 0 Å².